The molecule has 0 spiro atoms. The Labute approximate surface area is 228 Å². The number of aliphatic hydroxyl groups excluding tert-OH is 5. The highest BCUT2D eigenvalue weighted by Crippen LogP contribution is 2.43. The fourth-order valence-electron chi connectivity index (χ4n) is 4.48. The Morgan fingerprint density at radius 2 is 1.37 bits per heavy atom. The average Bonchev–Trinajstić information content (AvgIpc) is 2.91. The zero-order chi connectivity index (χ0) is 29.7. The molecule has 3 heterocycles. The van der Waals surface area contributed by atoms with Crippen molar-refractivity contribution in [1.82, 2.24) is 0 Å². The summed E-state index contributed by atoms with van der Waals surface area (Å²) in [6, 6.07) is 3.67. The number of phenols is 5. The minimum Gasteiger partial charge on any atom is -0.508 e. The van der Waals surface area contributed by atoms with E-state index in [0.717, 1.165) is 24.3 Å². The molecular formula is C25H26O16. The molecule has 16 nitrogen and oxygen atoms in total. The van der Waals surface area contributed by atoms with Gasteiger partial charge in [0, 0.05) is 17.7 Å². The fourth-order valence-corrected chi connectivity index (χ4v) is 4.48. The van der Waals surface area contributed by atoms with Crippen LogP contribution in [0.3, 0.4) is 0 Å². The summed E-state index contributed by atoms with van der Waals surface area (Å²) < 4.78 is 27.3. The Balaban J connectivity index is 1.47. The normalized spacial score (nSPS) is 30.4. The van der Waals surface area contributed by atoms with Crippen molar-refractivity contribution in [1.29, 1.82) is 0 Å². The number of aliphatic hydroxyl groups is 5. The predicted molar refractivity (Wildman–Crippen MR) is 131 cm³/mol. The molecule has 0 radical (unpaired) electrons. The monoisotopic (exact) mass is 582 g/mol. The summed E-state index contributed by atoms with van der Waals surface area (Å²) in [5, 5.41) is 100. The van der Waals surface area contributed by atoms with Crippen molar-refractivity contribution in [2.45, 2.75) is 49.2 Å². The molecule has 2 aliphatic heterocycles. The van der Waals surface area contributed by atoms with E-state index < -0.39 is 107 Å². The molecule has 5 rings (SSSR count). The Kier molecular flexibility index (Phi) is 7.58. The Hall–Kier alpha value is -3.87. The summed E-state index contributed by atoms with van der Waals surface area (Å²) in [7, 11) is 0. The minimum atomic E-state index is -1.91. The average molecular weight is 582 g/mol. The molecule has 2 aromatic carbocycles. The molecule has 2 saturated heterocycles. The van der Waals surface area contributed by atoms with Gasteiger partial charge in [0.05, 0.1) is 13.2 Å². The molecule has 0 unspecified atom stereocenters. The largest absolute Gasteiger partial charge is 0.508 e. The lowest BCUT2D eigenvalue weighted by atomic mass is 10.0. The molecule has 0 saturated carbocycles. The van der Waals surface area contributed by atoms with Crippen molar-refractivity contribution < 1.29 is 74.4 Å². The highest BCUT2D eigenvalue weighted by atomic mass is 16.7. The van der Waals surface area contributed by atoms with Gasteiger partial charge in [0.1, 0.15) is 59.1 Å². The van der Waals surface area contributed by atoms with Gasteiger partial charge in [-0.2, -0.15) is 0 Å². The predicted octanol–water partition coefficient (Wildman–Crippen LogP) is -1.73. The van der Waals surface area contributed by atoms with Gasteiger partial charge in [0.25, 0.3) is 0 Å². The third-order valence-electron chi connectivity index (χ3n) is 6.68. The van der Waals surface area contributed by atoms with Gasteiger partial charge < -0.3 is 74.4 Å². The second-order valence-corrected chi connectivity index (χ2v) is 9.52. The van der Waals surface area contributed by atoms with Gasteiger partial charge in [-0.25, -0.2) is 0 Å². The van der Waals surface area contributed by atoms with Gasteiger partial charge >= 0.3 is 0 Å². The lowest BCUT2D eigenvalue weighted by molar-refractivity contribution is -0.320. The molecule has 222 valence electrons. The van der Waals surface area contributed by atoms with E-state index >= 15 is 0 Å². The Morgan fingerprint density at radius 1 is 0.732 bits per heavy atom. The summed E-state index contributed by atoms with van der Waals surface area (Å²) in [6.45, 7) is -0.878. The number of hydrogen-bond donors (Lipinski definition) is 10. The van der Waals surface area contributed by atoms with Crippen LogP contribution in [0.2, 0.25) is 0 Å². The summed E-state index contributed by atoms with van der Waals surface area (Å²) in [5.41, 5.74) is -1.59. The topological polar surface area (TPSA) is 269 Å². The maximum atomic E-state index is 13.5. The third-order valence-corrected chi connectivity index (χ3v) is 6.68. The summed E-state index contributed by atoms with van der Waals surface area (Å²) in [6.07, 6.45) is -12.9. The van der Waals surface area contributed by atoms with Crippen LogP contribution in [0.5, 0.6) is 34.5 Å². The number of fused-ring (bicyclic) bond motifs is 1. The lowest BCUT2D eigenvalue weighted by Crippen LogP contribution is -2.60. The molecule has 0 aliphatic carbocycles. The van der Waals surface area contributed by atoms with Crippen LogP contribution in [-0.2, 0) is 14.2 Å². The van der Waals surface area contributed by atoms with Crippen LogP contribution in [0.15, 0.2) is 33.5 Å². The van der Waals surface area contributed by atoms with Crippen LogP contribution in [-0.4, -0.2) is 113 Å². The van der Waals surface area contributed by atoms with E-state index in [1.54, 1.807) is 0 Å². The molecule has 8 atom stereocenters. The smallest absolute Gasteiger partial charge is 0.239 e. The highest BCUT2D eigenvalue weighted by Gasteiger charge is 2.46. The van der Waals surface area contributed by atoms with Gasteiger partial charge in [-0.1, -0.05) is 0 Å². The fraction of sp³-hybridized carbons (Fsp3) is 0.400. The van der Waals surface area contributed by atoms with E-state index in [0.29, 0.717) is 0 Å². The van der Waals surface area contributed by atoms with E-state index in [1.807, 2.05) is 0 Å². The number of benzene rings is 2. The first kappa shape index (κ1) is 28.7. The first-order chi connectivity index (χ1) is 19.4. The van der Waals surface area contributed by atoms with Crippen LogP contribution in [0.4, 0.5) is 0 Å². The van der Waals surface area contributed by atoms with E-state index in [-0.39, 0.29) is 17.8 Å². The Morgan fingerprint density at radius 3 is 2.05 bits per heavy atom. The highest BCUT2D eigenvalue weighted by molar-refractivity contribution is 5.88. The standard InChI is InChI=1S/C25H26O16/c26-8-3-9(27)15-13(4-8)39-22(7-1-10(28)16(31)11(29)2-7)23(19(15)34)41-25-21(36)18(33)14(6-38-25)40-24-20(35)17(32)12(30)5-37-24/h1-4,12,14,17-18,20-21,24-33,35-36H,5-6H2/t12-,14-,17+,18+,20-,21-,24+,25+/m1/s1. The summed E-state index contributed by atoms with van der Waals surface area (Å²) >= 11 is 0. The van der Waals surface area contributed by atoms with E-state index in [4.69, 9.17) is 23.4 Å². The van der Waals surface area contributed by atoms with Crippen LogP contribution in [0, 0.1) is 0 Å². The van der Waals surface area contributed by atoms with Crippen molar-refractivity contribution in [3.63, 3.8) is 0 Å². The van der Waals surface area contributed by atoms with Gasteiger partial charge in [0.15, 0.2) is 29.3 Å². The van der Waals surface area contributed by atoms with Crippen molar-refractivity contribution in [3.8, 4) is 45.8 Å². The van der Waals surface area contributed by atoms with Crippen LogP contribution in [0.25, 0.3) is 22.3 Å². The number of rotatable bonds is 5. The molecule has 41 heavy (non-hydrogen) atoms. The maximum absolute atomic E-state index is 13.5. The molecule has 3 aromatic rings. The van der Waals surface area contributed by atoms with E-state index in [2.05, 4.69) is 0 Å². The van der Waals surface area contributed by atoms with Crippen LogP contribution < -0.4 is 10.2 Å². The first-order valence-electron chi connectivity index (χ1n) is 12.1. The number of phenolic OH excluding ortho intramolecular Hbond substituents is 5. The molecule has 16 heteroatoms. The van der Waals surface area contributed by atoms with E-state index in [1.165, 1.54) is 0 Å². The van der Waals surface area contributed by atoms with Crippen molar-refractivity contribution in [2.75, 3.05) is 13.2 Å². The van der Waals surface area contributed by atoms with Gasteiger partial charge in [-0.3, -0.25) is 4.79 Å². The van der Waals surface area contributed by atoms with E-state index in [9.17, 15) is 55.9 Å². The maximum Gasteiger partial charge on any atom is 0.239 e. The molecular weight excluding hydrogens is 556 g/mol. The number of hydrogen-bond acceptors (Lipinski definition) is 16. The number of aromatic hydroxyl groups is 5. The second-order valence-electron chi connectivity index (χ2n) is 9.52. The van der Waals surface area contributed by atoms with Crippen molar-refractivity contribution >= 4 is 11.0 Å². The molecule has 1 aromatic heterocycles. The molecule has 0 amide bonds. The SMILES string of the molecule is O=c1c(O[C@@H]2OC[C@@H](O[C@@H]3OC[C@@H](O)[C@H](O)[C@H]3O)[C@H](O)[C@H]2O)c(-c2cc(O)c(O)c(O)c2)oc2cc(O)cc(O)c12. The molecule has 10 N–H and O–H groups in total. The quantitative estimate of drug-likeness (QED) is 0.150. The van der Waals surface area contributed by atoms with Crippen LogP contribution in [0.1, 0.15) is 0 Å². The zero-order valence-electron chi connectivity index (χ0n) is 20.8. The molecule has 2 aliphatic rings. The Bertz CT molecular complexity index is 1480. The minimum absolute atomic E-state index is 0.217. The molecule has 0 bridgehead atoms. The zero-order valence-corrected chi connectivity index (χ0v) is 20.8. The van der Waals surface area contributed by atoms with Gasteiger partial charge in [-0.15, -0.1) is 0 Å². The van der Waals surface area contributed by atoms with Crippen molar-refractivity contribution in [2.24, 2.45) is 0 Å². The summed E-state index contributed by atoms with van der Waals surface area (Å²) in [4.78, 5) is 13.5. The van der Waals surface area contributed by atoms with Crippen molar-refractivity contribution in [3.05, 3.63) is 34.5 Å². The second kappa shape index (κ2) is 10.8. The van der Waals surface area contributed by atoms with Gasteiger partial charge in [-0.05, 0) is 12.1 Å². The van der Waals surface area contributed by atoms with Crippen LogP contribution >= 0.6 is 0 Å². The lowest BCUT2D eigenvalue weighted by Gasteiger charge is -2.41. The first-order valence-corrected chi connectivity index (χ1v) is 12.1. The summed E-state index contributed by atoms with van der Waals surface area (Å²) in [5.74, 6) is -4.86. The third kappa shape index (κ3) is 5.18. The van der Waals surface area contributed by atoms with Gasteiger partial charge in [0.2, 0.25) is 17.5 Å². The molecule has 2 fully saturated rings. The number of ether oxygens (including phenoxy) is 4.